The highest BCUT2D eigenvalue weighted by molar-refractivity contribution is 5.70. The van der Waals surface area contributed by atoms with Crippen LogP contribution in [-0.4, -0.2) is 78.1 Å². The summed E-state index contributed by atoms with van der Waals surface area (Å²) in [5.74, 6) is 0.697. The molecule has 12 heteroatoms. The first-order chi connectivity index (χ1) is 16.5. The maximum Gasteiger partial charge on any atom is 0.269 e. The molecule has 0 unspecified atom stereocenters. The van der Waals surface area contributed by atoms with Crippen molar-refractivity contribution in [2.75, 3.05) is 57.6 Å². The van der Waals surface area contributed by atoms with Gasteiger partial charge in [0.25, 0.3) is 5.69 Å². The van der Waals surface area contributed by atoms with Gasteiger partial charge in [0.05, 0.1) is 29.5 Å². The number of aliphatic hydroxyl groups is 4. The summed E-state index contributed by atoms with van der Waals surface area (Å²) in [6.07, 6.45) is 0.971. The SMILES string of the molecule is O=[N+]([O-])c1ccc(/N=N/c2cc(OCCO)c(N(CCCO)CCCO)cc2OCCO)cc1. The summed E-state index contributed by atoms with van der Waals surface area (Å²) in [5.41, 5.74) is 1.21. The summed E-state index contributed by atoms with van der Waals surface area (Å²) in [4.78, 5) is 12.2. The second-order valence-corrected chi connectivity index (χ2v) is 7.05. The van der Waals surface area contributed by atoms with E-state index in [0.717, 1.165) is 0 Å². The molecule has 0 amide bonds. The van der Waals surface area contributed by atoms with Crippen LogP contribution in [0.1, 0.15) is 12.8 Å². The van der Waals surface area contributed by atoms with Crippen molar-refractivity contribution in [2.45, 2.75) is 12.8 Å². The van der Waals surface area contributed by atoms with Gasteiger partial charge in [-0.05, 0) is 25.0 Å². The van der Waals surface area contributed by atoms with Crippen LogP contribution in [0.3, 0.4) is 0 Å². The van der Waals surface area contributed by atoms with Crippen LogP contribution >= 0.6 is 0 Å². The van der Waals surface area contributed by atoms with E-state index in [0.29, 0.717) is 48.8 Å². The van der Waals surface area contributed by atoms with Gasteiger partial charge in [-0.1, -0.05) is 0 Å². The van der Waals surface area contributed by atoms with E-state index >= 15 is 0 Å². The number of hydrogen-bond acceptors (Lipinski definition) is 11. The summed E-state index contributed by atoms with van der Waals surface area (Å²) in [7, 11) is 0. The molecule has 0 saturated carbocycles. The zero-order chi connectivity index (χ0) is 24.8. The molecule has 0 aromatic heterocycles. The molecule has 12 nitrogen and oxygen atoms in total. The Morgan fingerprint density at radius 2 is 1.41 bits per heavy atom. The van der Waals surface area contributed by atoms with Crippen LogP contribution in [0.4, 0.5) is 22.7 Å². The van der Waals surface area contributed by atoms with E-state index in [2.05, 4.69) is 10.2 Å². The van der Waals surface area contributed by atoms with Crippen molar-refractivity contribution in [3.8, 4) is 11.5 Å². The van der Waals surface area contributed by atoms with Crippen molar-refractivity contribution in [3.63, 3.8) is 0 Å². The van der Waals surface area contributed by atoms with Gasteiger partial charge in [0.2, 0.25) is 0 Å². The van der Waals surface area contributed by atoms with Gasteiger partial charge in [-0.25, -0.2) is 0 Å². The molecule has 2 rings (SSSR count). The molecule has 0 heterocycles. The van der Waals surface area contributed by atoms with E-state index in [1.54, 1.807) is 12.1 Å². The number of benzene rings is 2. The molecule has 2 aromatic carbocycles. The molecule has 4 N–H and O–H groups in total. The number of hydrogen-bond donors (Lipinski definition) is 4. The van der Waals surface area contributed by atoms with E-state index in [1.165, 1.54) is 24.3 Å². The highest BCUT2D eigenvalue weighted by atomic mass is 16.6. The van der Waals surface area contributed by atoms with Gasteiger partial charge in [0.15, 0.2) is 0 Å². The van der Waals surface area contributed by atoms with Crippen LogP contribution in [0.15, 0.2) is 46.6 Å². The van der Waals surface area contributed by atoms with Gasteiger partial charge in [0.1, 0.15) is 30.4 Å². The first-order valence-electron chi connectivity index (χ1n) is 10.8. The van der Waals surface area contributed by atoms with Gasteiger partial charge < -0.3 is 34.8 Å². The fourth-order valence-electron chi connectivity index (χ4n) is 3.03. The molecule has 2 aromatic rings. The maximum absolute atomic E-state index is 10.8. The van der Waals surface area contributed by atoms with Crippen LogP contribution < -0.4 is 14.4 Å². The molecule has 0 aliphatic rings. The third kappa shape index (κ3) is 8.23. The van der Waals surface area contributed by atoms with E-state index in [1.807, 2.05) is 4.90 Å². The number of ether oxygens (including phenoxy) is 2. The predicted molar refractivity (Wildman–Crippen MR) is 124 cm³/mol. The maximum atomic E-state index is 10.8. The Labute approximate surface area is 196 Å². The third-order valence-electron chi connectivity index (χ3n) is 4.58. The zero-order valence-corrected chi connectivity index (χ0v) is 18.7. The fraction of sp³-hybridized carbons (Fsp3) is 0.455. The number of non-ortho nitro benzene ring substituents is 1. The standard InChI is InChI=1S/C22H30N4O8/c27-9-1-7-25(8-2-10-28)20-16-21(33-13-11-29)19(15-22(20)34-14-12-30)24-23-17-3-5-18(6-4-17)26(31)32/h3-6,15-16,27-30H,1-2,7-14H2/b24-23+. The second-order valence-electron chi connectivity index (χ2n) is 7.05. The van der Waals surface area contributed by atoms with Gasteiger partial charge >= 0.3 is 0 Å². The van der Waals surface area contributed by atoms with E-state index in [4.69, 9.17) is 9.47 Å². The first-order valence-corrected chi connectivity index (χ1v) is 10.8. The normalized spacial score (nSPS) is 11.1. The van der Waals surface area contributed by atoms with Gasteiger partial charge in [-0.3, -0.25) is 10.1 Å². The number of rotatable bonds is 16. The molecule has 0 aliphatic carbocycles. The van der Waals surface area contributed by atoms with Crippen molar-refractivity contribution in [3.05, 3.63) is 46.5 Å². The second kappa shape index (κ2) is 14.8. The molecular formula is C22H30N4O8. The topological polar surface area (TPSA) is 170 Å². The molecule has 0 atom stereocenters. The first kappa shape index (κ1) is 26.9. The molecule has 0 saturated heterocycles. The van der Waals surface area contributed by atoms with Crippen LogP contribution in [-0.2, 0) is 0 Å². The van der Waals surface area contributed by atoms with Crippen molar-refractivity contribution in [2.24, 2.45) is 10.2 Å². The number of aliphatic hydroxyl groups excluding tert-OH is 4. The Hall–Kier alpha value is -3.32. The summed E-state index contributed by atoms with van der Waals surface area (Å²) in [5, 5.41) is 56.2. The third-order valence-corrected chi connectivity index (χ3v) is 4.58. The van der Waals surface area contributed by atoms with Crippen LogP contribution in [0, 0.1) is 10.1 Å². The van der Waals surface area contributed by atoms with Crippen molar-refractivity contribution in [1.82, 2.24) is 0 Å². The summed E-state index contributed by atoms with van der Waals surface area (Å²) in [6, 6.07) is 8.80. The number of nitro groups is 1. The average Bonchev–Trinajstić information content (AvgIpc) is 2.85. The van der Waals surface area contributed by atoms with Gasteiger partial charge in [0, 0.05) is 50.6 Å². The lowest BCUT2D eigenvalue weighted by Gasteiger charge is -2.27. The summed E-state index contributed by atoms with van der Waals surface area (Å²) >= 11 is 0. The van der Waals surface area contributed by atoms with E-state index < -0.39 is 4.92 Å². The molecular weight excluding hydrogens is 448 g/mol. The van der Waals surface area contributed by atoms with Crippen LogP contribution in [0.25, 0.3) is 0 Å². The minimum Gasteiger partial charge on any atom is -0.489 e. The number of nitrogens with zero attached hydrogens (tertiary/aromatic N) is 4. The molecule has 0 bridgehead atoms. The highest BCUT2D eigenvalue weighted by Gasteiger charge is 2.18. The Balaban J connectivity index is 2.47. The Morgan fingerprint density at radius 3 is 1.94 bits per heavy atom. The molecule has 0 fully saturated rings. The molecule has 34 heavy (non-hydrogen) atoms. The lowest BCUT2D eigenvalue weighted by molar-refractivity contribution is -0.384. The quantitative estimate of drug-likeness (QED) is 0.161. The summed E-state index contributed by atoms with van der Waals surface area (Å²) in [6.45, 7) is 0.519. The minimum atomic E-state index is -0.509. The number of azo groups is 1. The lowest BCUT2D eigenvalue weighted by Crippen LogP contribution is -2.27. The lowest BCUT2D eigenvalue weighted by atomic mass is 10.2. The molecule has 0 radical (unpaired) electrons. The molecule has 186 valence electrons. The van der Waals surface area contributed by atoms with Crippen molar-refractivity contribution >= 4 is 22.7 Å². The van der Waals surface area contributed by atoms with Crippen molar-refractivity contribution < 1.29 is 34.8 Å². The van der Waals surface area contributed by atoms with Gasteiger partial charge in [-0.2, -0.15) is 5.11 Å². The smallest absolute Gasteiger partial charge is 0.269 e. The van der Waals surface area contributed by atoms with Crippen LogP contribution in [0.2, 0.25) is 0 Å². The molecule has 0 spiro atoms. The molecule has 0 aliphatic heterocycles. The Kier molecular flexibility index (Phi) is 11.7. The average molecular weight is 479 g/mol. The summed E-state index contributed by atoms with van der Waals surface area (Å²) < 4.78 is 11.4. The van der Waals surface area contributed by atoms with Crippen molar-refractivity contribution in [1.29, 1.82) is 0 Å². The Morgan fingerprint density at radius 1 is 0.824 bits per heavy atom. The van der Waals surface area contributed by atoms with E-state index in [-0.39, 0.29) is 51.0 Å². The predicted octanol–water partition coefficient (Wildman–Crippen LogP) is 2.32. The largest absolute Gasteiger partial charge is 0.489 e. The Bertz CT molecular complexity index is 916. The van der Waals surface area contributed by atoms with E-state index in [9.17, 15) is 30.5 Å². The highest BCUT2D eigenvalue weighted by Crippen LogP contribution is 2.41. The number of nitro benzene ring substituents is 1. The monoisotopic (exact) mass is 478 g/mol. The minimum absolute atomic E-state index is 0.00359. The number of anilines is 1. The van der Waals surface area contributed by atoms with Gasteiger partial charge in [-0.15, -0.1) is 5.11 Å². The zero-order valence-electron chi connectivity index (χ0n) is 18.7. The fourth-order valence-corrected chi connectivity index (χ4v) is 3.03. The van der Waals surface area contributed by atoms with Crippen LogP contribution in [0.5, 0.6) is 11.5 Å².